The van der Waals surface area contributed by atoms with Gasteiger partial charge in [0, 0.05) is 0 Å². The lowest BCUT2D eigenvalue weighted by Crippen LogP contribution is -2.14. The monoisotopic (exact) mass is 206 g/mol. The average molecular weight is 206 g/mol. The Labute approximate surface area is 83.9 Å². The van der Waals surface area contributed by atoms with Gasteiger partial charge in [-0.1, -0.05) is 6.58 Å². The van der Waals surface area contributed by atoms with Crippen LogP contribution in [0, 0.1) is 0 Å². The van der Waals surface area contributed by atoms with Crippen LogP contribution in [-0.4, -0.2) is 56.1 Å². The van der Waals surface area contributed by atoms with E-state index in [9.17, 15) is 0 Å². The zero-order valence-corrected chi connectivity index (χ0v) is 8.22. The Kier molecular flexibility index (Phi) is 10.3. The first kappa shape index (κ1) is 13.5. The first-order valence-electron chi connectivity index (χ1n) is 4.50. The van der Waals surface area contributed by atoms with E-state index in [1.54, 1.807) is 0 Å². The summed E-state index contributed by atoms with van der Waals surface area (Å²) in [5, 5.41) is 17.3. The number of hydrogen-bond acceptors (Lipinski definition) is 5. The standard InChI is InChI=1S/C9H18O5/c1-2-9(11)14-8-7-13-6-5-12-4-3-10/h2,9-11H,1,3-8H2. The fraction of sp³-hybridized carbons (Fsp3) is 0.778. The van der Waals surface area contributed by atoms with Gasteiger partial charge in [0.25, 0.3) is 0 Å². The van der Waals surface area contributed by atoms with E-state index in [0.29, 0.717) is 33.0 Å². The van der Waals surface area contributed by atoms with Crippen molar-refractivity contribution >= 4 is 0 Å². The lowest BCUT2D eigenvalue weighted by molar-refractivity contribution is -0.0839. The van der Waals surface area contributed by atoms with Crippen molar-refractivity contribution in [2.45, 2.75) is 6.29 Å². The normalized spacial score (nSPS) is 12.7. The summed E-state index contributed by atoms with van der Waals surface area (Å²) in [4.78, 5) is 0. The Bertz CT molecular complexity index is 128. The van der Waals surface area contributed by atoms with E-state index in [2.05, 4.69) is 6.58 Å². The third-order valence-corrected chi connectivity index (χ3v) is 1.33. The lowest BCUT2D eigenvalue weighted by Gasteiger charge is -2.07. The van der Waals surface area contributed by atoms with Crippen molar-refractivity contribution in [2.75, 3.05) is 39.6 Å². The topological polar surface area (TPSA) is 68.2 Å². The van der Waals surface area contributed by atoms with E-state index in [1.165, 1.54) is 6.08 Å². The summed E-state index contributed by atoms with van der Waals surface area (Å²) in [7, 11) is 0. The molecule has 0 aromatic rings. The molecule has 5 heteroatoms. The summed E-state index contributed by atoms with van der Waals surface area (Å²) >= 11 is 0. The fourth-order valence-corrected chi connectivity index (χ4v) is 0.682. The van der Waals surface area contributed by atoms with Gasteiger partial charge < -0.3 is 24.4 Å². The molecule has 0 saturated carbocycles. The molecule has 0 radical (unpaired) electrons. The third-order valence-electron chi connectivity index (χ3n) is 1.33. The number of aliphatic hydroxyl groups is 2. The van der Waals surface area contributed by atoms with Crippen LogP contribution in [0.2, 0.25) is 0 Å². The van der Waals surface area contributed by atoms with Crippen LogP contribution in [0.5, 0.6) is 0 Å². The van der Waals surface area contributed by atoms with Crippen LogP contribution in [-0.2, 0) is 14.2 Å². The quantitative estimate of drug-likeness (QED) is 0.287. The number of rotatable bonds is 10. The van der Waals surface area contributed by atoms with E-state index in [-0.39, 0.29) is 6.61 Å². The van der Waals surface area contributed by atoms with Crippen LogP contribution in [0.1, 0.15) is 0 Å². The third kappa shape index (κ3) is 9.63. The molecule has 5 nitrogen and oxygen atoms in total. The number of aliphatic hydroxyl groups excluding tert-OH is 2. The first-order valence-corrected chi connectivity index (χ1v) is 4.50. The van der Waals surface area contributed by atoms with Crippen molar-refractivity contribution in [3.05, 3.63) is 12.7 Å². The highest BCUT2D eigenvalue weighted by atomic mass is 16.6. The maximum atomic E-state index is 8.88. The van der Waals surface area contributed by atoms with Crippen molar-refractivity contribution in [2.24, 2.45) is 0 Å². The van der Waals surface area contributed by atoms with Gasteiger partial charge >= 0.3 is 0 Å². The summed E-state index contributed by atoms with van der Waals surface area (Å²) in [6, 6.07) is 0. The van der Waals surface area contributed by atoms with Crippen LogP contribution in [0.25, 0.3) is 0 Å². The van der Waals surface area contributed by atoms with Crippen LogP contribution in [0.3, 0.4) is 0 Å². The van der Waals surface area contributed by atoms with Crippen molar-refractivity contribution in [3.63, 3.8) is 0 Å². The molecule has 0 amide bonds. The Morgan fingerprint density at radius 1 is 1.07 bits per heavy atom. The molecule has 0 bridgehead atoms. The summed E-state index contributed by atoms with van der Waals surface area (Å²) in [6.07, 6.45) is 0.369. The van der Waals surface area contributed by atoms with Gasteiger partial charge in [-0.05, 0) is 6.08 Å². The average Bonchev–Trinajstić information content (AvgIpc) is 2.21. The molecule has 0 fully saturated rings. The molecular weight excluding hydrogens is 188 g/mol. The predicted octanol–water partition coefficient (Wildman–Crippen LogP) is -0.467. The second-order valence-electron chi connectivity index (χ2n) is 2.45. The van der Waals surface area contributed by atoms with Crippen molar-refractivity contribution < 1.29 is 24.4 Å². The van der Waals surface area contributed by atoms with Gasteiger partial charge in [0.15, 0.2) is 6.29 Å². The molecule has 0 aliphatic carbocycles. The van der Waals surface area contributed by atoms with Crippen molar-refractivity contribution in [3.8, 4) is 0 Å². The summed E-state index contributed by atoms with van der Waals surface area (Å²) < 4.78 is 14.9. The van der Waals surface area contributed by atoms with E-state index in [0.717, 1.165) is 0 Å². The Balaban J connectivity index is 2.95. The molecular formula is C9H18O5. The highest BCUT2D eigenvalue weighted by molar-refractivity contribution is 4.69. The fourth-order valence-electron chi connectivity index (χ4n) is 0.682. The van der Waals surface area contributed by atoms with Gasteiger partial charge in [-0.3, -0.25) is 0 Å². The Morgan fingerprint density at radius 3 is 2.21 bits per heavy atom. The Morgan fingerprint density at radius 2 is 1.64 bits per heavy atom. The molecule has 0 rings (SSSR count). The maximum Gasteiger partial charge on any atom is 0.173 e. The number of ether oxygens (including phenoxy) is 3. The zero-order valence-electron chi connectivity index (χ0n) is 8.22. The molecule has 0 aromatic heterocycles. The van der Waals surface area contributed by atoms with E-state index >= 15 is 0 Å². The predicted molar refractivity (Wildman–Crippen MR) is 50.9 cm³/mol. The van der Waals surface area contributed by atoms with Gasteiger partial charge in [0.1, 0.15) is 0 Å². The van der Waals surface area contributed by atoms with Crippen LogP contribution in [0.15, 0.2) is 12.7 Å². The van der Waals surface area contributed by atoms with E-state index in [4.69, 9.17) is 24.4 Å². The van der Waals surface area contributed by atoms with Gasteiger partial charge in [0.05, 0.1) is 39.6 Å². The molecule has 0 aliphatic heterocycles. The minimum absolute atomic E-state index is 0.0225. The molecule has 0 aliphatic rings. The van der Waals surface area contributed by atoms with Crippen LogP contribution < -0.4 is 0 Å². The molecule has 0 aromatic carbocycles. The number of hydrogen-bond donors (Lipinski definition) is 2. The molecule has 14 heavy (non-hydrogen) atoms. The van der Waals surface area contributed by atoms with E-state index in [1.807, 2.05) is 0 Å². The summed E-state index contributed by atoms with van der Waals surface area (Å²) in [5.41, 5.74) is 0. The highest BCUT2D eigenvalue weighted by Crippen LogP contribution is 1.87. The molecule has 1 unspecified atom stereocenters. The zero-order chi connectivity index (χ0) is 10.6. The molecule has 0 spiro atoms. The second kappa shape index (κ2) is 10.6. The van der Waals surface area contributed by atoms with Gasteiger partial charge in [-0.15, -0.1) is 0 Å². The SMILES string of the molecule is C=CC(O)OCCOCCOCCO. The molecule has 2 N–H and O–H groups in total. The highest BCUT2D eigenvalue weighted by Gasteiger charge is 1.96. The van der Waals surface area contributed by atoms with Gasteiger partial charge in [-0.25, -0.2) is 0 Å². The Hall–Kier alpha value is -0.460. The minimum atomic E-state index is -0.927. The molecule has 0 heterocycles. The van der Waals surface area contributed by atoms with Crippen molar-refractivity contribution in [1.82, 2.24) is 0 Å². The summed E-state index contributed by atoms with van der Waals surface area (Å²) in [5.74, 6) is 0. The van der Waals surface area contributed by atoms with Gasteiger partial charge in [-0.2, -0.15) is 0 Å². The first-order chi connectivity index (χ1) is 6.81. The molecule has 1 atom stereocenters. The van der Waals surface area contributed by atoms with Crippen molar-refractivity contribution in [1.29, 1.82) is 0 Å². The molecule has 0 saturated heterocycles. The maximum absolute atomic E-state index is 8.88. The van der Waals surface area contributed by atoms with Crippen LogP contribution >= 0.6 is 0 Å². The largest absolute Gasteiger partial charge is 0.394 e. The summed E-state index contributed by atoms with van der Waals surface area (Å²) in [6.45, 7) is 5.31. The smallest absolute Gasteiger partial charge is 0.173 e. The lowest BCUT2D eigenvalue weighted by atomic mass is 10.6. The van der Waals surface area contributed by atoms with Gasteiger partial charge in [0.2, 0.25) is 0 Å². The second-order valence-corrected chi connectivity index (χ2v) is 2.45. The minimum Gasteiger partial charge on any atom is -0.394 e. The van der Waals surface area contributed by atoms with E-state index < -0.39 is 6.29 Å². The van der Waals surface area contributed by atoms with Crippen LogP contribution in [0.4, 0.5) is 0 Å². The molecule has 84 valence electrons.